The van der Waals surface area contributed by atoms with E-state index >= 15 is 0 Å². The van der Waals surface area contributed by atoms with E-state index in [2.05, 4.69) is 16.0 Å². The summed E-state index contributed by atoms with van der Waals surface area (Å²) in [5.74, 6) is -1.81. The lowest BCUT2D eigenvalue weighted by atomic mass is 10.1. The number of hydrogen-bond acceptors (Lipinski definition) is 3. The highest BCUT2D eigenvalue weighted by Crippen LogP contribution is 2.21. The van der Waals surface area contributed by atoms with Crippen molar-refractivity contribution in [1.82, 2.24) is 10.6 Å². The van der Waals surface area contributed by atoms with Crippen LogP contribution in [-0.4, -0.2) is 23.8 Å². The first-order valence-corrected chi connectivity index (χ1v) is 8.61. The zero-order valence-corrected chi connectivity index (χ0v) is 14.5. The minimum Gasteiger partial charge on any atom is -0.349 e. The van der Waals surface area contributed by atoms with Crippen LogP contribution in [0.3, 0.4) is 0 Å². The lowest BCUT2D eigenvalue weighted by Gasteiger charge is -2.15. The maximum atomic E-state index is 12.3. The van der Waals surface area contributed by atoms with Crippen molar-refractivity contribution in [2.75, 3.05) is 5.32 Å². The second-order valence-corrected chi connectivity index (χ2v) is 6.35. The fourth-order valence-electron chi connectivity index (χ4n) is 2.55. The molecule has 0 aromatic heterocycles. The number of carbonyl (C=O) groups is 3. The van der Waals surface area contributed by atoms with E-state index in [0.717, 1.165) is 18.4 Å². The first-order valence-electron chi connectivity index (χ1n) is 8.61. The maximum Gasteiger partial charge on any atom is 0.313 e. The third kappa shape index (κ3) is 4.47. The van der Waals surface area contributed by atoms with E-state index in [9.17, 15) is 14.4 Å². The summed E-state index contributed by atoms with van der Waals surface area (Å²) in [6, 6.07) is 15.9. The van der Waals surface area contributed by atoms with Crippen LogP contribution in [0.15, 0.2) is 54.6 Å². The number of anilines is 1. The Balaban J connectivity index is 1.64. The number of nitrogens with one attached hydrogen (secondary N) is 3. The molecule has 1 aliphatic carbocycles. The van der Waals surface area contributed by atoms with Gasteiger partial charge in [0.05, 0.1) is 17.3 Å². The smallest absolute Gasteiger partial charge is 0.313 e. The van der Waals surface area contributed by atoms with Crippen LogP contribution >= 0.6 is 0 Å². The van der Waals surface area contributed by atoms with Gasteiger partial charge in [0.2, 0.25) is 0 Å². The highest BCUT2D eigenvalue weighted by Gasteiger charge is 2.25. The van der Waals surface area contributed by atoms with Crippen LogP contribution in [0.5, 0.6) is 0 Å². The topological polar surface area (TPSA) is 87.3 Å². The van der Waals surface area contributed by atoms with E-state index in [1.807, 2.05) is 30.3 Å². The lowest BCUT2D eigenvalue weighted by Crippen LogP contribution is -2.37. The molecule has 0 radical (unpaired) electrons. The van der Waals surface area contributed by atoms with E-state index in [4.69, 9.17) is 0 Å². The lowest BCUT2D eigenvalue weighted by molar-refractivity contribution is -0.136. The Morgan fingerprint density at radius 3 is 2.27 bits per heavy atom. The minimum atomic E-state index is -0.806. The molecule has 26 heavy (non-hydrogen) atoms. The van der Waals surface area contributed by atoms with Crippen LogP contribution in [0.1, 0.15) is 41.7 Å². The Kier molecular flexibility index (Phi) is 5.31. The van der Waals surface area contributed by atoms with Gasteiger partial charge < -0.3 is 16.0 Å². The summed E-state index contributed by atoms with van der Waals surface area (Å²) in [4.78, 5) is 36.7. The van der Waals surface area contributed by atoms with Crippen molar-refractivity contribution in [1.29, 1.82) is 0 Å². The van der Waals surface area contributed by atoms with E-state index in [1.54, 1.807) is 31.2 Å². The van der Waals surface area contributed by atoms with Gasteiger partial charge in [-0.1, -0.05) is 42.5 Å². The largest absolute Gasteiger partial charge is 0.349 e. The summed E-state index contributed by atoms with van der Waals surface area (Å²) < 4.78 is 0. The Bertz CT molecular complexity index is 816. The van der Waals surface area contributed by atoms with Gasteiger partial charge in [-0.2, -0.15) is 0 Å². The van der Waals surface area contributed by atoms with Gasteiger partial charge in [-0.25, -0.2) is 0 Å². The minimum absolute atomic E-state index is 0.210. The summed E-state index contributed by atoms with van der Waals surface area (Å²) in [5, 5.41) is 8.06. The van der Waals surface area contributed by atoms with Crippen molar-refractivity contribution in [2.24, 2.45) is 0 Å². The van der Waals surface area contributed by atoms with Crippen LogP contribution in [0.25, 0.3) is 0 Å². The predicted octanol–water partition coefficient (Wildman–Crippen LogP) is 2.39. The average molecular weight is 351 g/mol. The van der Waals surface area contributed by atoms with Crippen LogP contribution in [0, 0.1) is 0 Å². The Hall–Kier alpha value is -3.15. The number of para-hydroxylation sites is 1. The summed E-state index contributed by atoms with van der Waals surface area (Å²) in [6.07, 6.45) is 1.94. The Morgan fingerprint density at radius 2 is 1.58 bits per heavy atom. The summed E-state index contributed by atoms with van der Waals surface area (Å²) in [5.41, 5.74) is 1.56. The number of benzene rings is 2. The van der Waals surface area contributed by atoms with Gasteiger partial charge in [0.25, 0.3) is 5.91 Å². The standard InChI is InChI=1S/C20H21N3O3/c1-13(14-7-3-2-4-8-14)21-19(25)20(26)23-17-10-6-5-9-16(17)18(24)22-15-11-12-15/h2-10,13,15H,11-12H2,1H3,(H,21,25)(H,22,24)(H,23,26)/t13-/m0/s1. The van der Waals surface area contributed by atoms with Gasteiger partial charge in [0, 0.05) is 6.04 Å². The molecule has 6 nitrogen and oxygen atoms in total. The third-order valence-corrected chi connectivity index (χ3v) is 4.19. The first kappa shape index (κ1) is 17.7. The molecule has 1 aliphatic rings. The van der Waals surface area contributed by atoms with Crippen molar-refractivity contribution in [3.8, 4) is 0 Å². The van der Waals surface area contributed by atoms with E-state index in [-0.39, 0.29) is 18.0 Å². The summed E-state index contributed by atoms with van der Waals surface area (Å²) >= 11 is 0. The van der Waals surface area contributed by atoms with Gasteiger partial charge in [0.1, 0.15) is 0 Å². The van der Waals surface area contributed by atoms with Crippen molar-refractivity contribution >= 4 is 23.4 Å². The zero-order chi connectivity index (χ0) is 18.5. The molecule has 2 aromatic carbocycles. The molecule has 134 valence electrons. The Labute approximate surface area is 152 Å². The van der Waals surface area contributed by atoms with Crippen molar-refractivity contribution in [3.63, 3.8) is 0 Å². The quantitative estimate of drug-likeness (QED) is 0.723. The molecule has 1 fully saturated rings. The summed E-state index contributed by atoms with van der Waals surface area (Å²) in [7, 11) is 0. The monoisotopic (exact) mass is 351 g/mol. The third-order valence-electron chi connectivity index (χ3n) is 4.19. The molecule has 6 heteroatoms. The molecule has 3 amide bonds. The van der Waals surface area contributed by atoms with Gasteiger partial charge in [0.15, 0.2) is 0 Å². The second-order valence-electron chi connectivity index (χ2n) is 6.35. The van der Waals surface area contributed by atoms with Gasteiger partial charge in [-0.05, 0) is 37.5 Å². The predicted molar refractivity (Wildman–Crippen MR) is 98.6 cm³/mol. The van der Waals surface area contributed by atoms with Crippen LogP contribution in [-0.2, 0) is 9.59 Å². The normalized spacial score (nSPS) is 14.2. The molecule has 0 spiro atoms. The molecular weight excluding hydrogens is 330 g/mol. The summed E-state index contributed by atoms with van der Waals surface area (Å²) in [6.45, 7) is 1.80. The molecular formula is C20H21N3O3. The van der Waals surface area contributed by atoms with Crippen LogP contribution in [0.4, 0.5) is 5.69 Å². The second kappa shape index (κ2) is 7.82. The fraction of sp³-hybridized carbons (Fsp3) is 0.250. The van der Waals surface area contributed by atoms with Gasteiger partial charge in [-0.15, -0.1) is 0 Å². The molecule has 0 heterocycles. The fourth-order valence-corrected chi connectivity index (χ4v) is 2.55. The number of carbonyl (C=O) groups excluding carboxylic acids is 3. The highest BCUT2D eigenvalue weighted by molar-refractivity contribution is 6.40. The highest BCUT2D eigenvalue weighted by atomic mass is 16.2. The number of amides is 3. The molecule has 1 saturated carbocycles. The van der Waals surface area contributed by atoms with Crippen molar-refractivity contribution in [3.05, 3.63) is 65.7 Å². The van der Waals surface area contributed by atoms with E-state index < -0.39 is 11.8 Å². The van der Waals surface area contributed by atoms with E-state index in [0.29, 0.717) is 11.3 Å². The maximum absolute atomic E-state index is 12.3. The first-order chi connectivity index (χ1) is 12.5. The molecule has 0 saturated heterocycles. The number of hydrogen-bond donors (Lipinski definition) is 3. The number of rotatable bonds is 5. The molecule has 3 rings (SSSR count). The van der Waals surface area contributed by atoms with Crippen LogP contribution in [0.2, 0.25) is 0 Å². The average Bonchev–Trinajstić information content (AvgIpc) is 3.46. The van der Waals surface area contributed by atoms with Crippen LogP contribution < -0.4 is 16.0 Å². The van der Waals surface area contributed by atoms with Gasteiger partial charge in [-0.3, -0.25) is 14.4 Å². The van der Waals surface area contributed by atoms with Crippen molar-refractivity contribution in [2.45, 2.75) is 31.8 Å². The molecule has 0 unspecified atom stereocenters. The van der Waals surface area contributed by atoms with Gasteiger partial charge >= 0.3 is 11.8 Å². The molecule has 3 N–H and O–H groups in total. The van der Waals surface area contributed by atoms with E-state index in [1.165, 1.54) is 0 Å². The zero-order valence-electron chi connectivity index (χ0n) is 14.5. The molecule has 0 bridgehead atoms. The molecule has 0 aliphatic heterocycles. The molecule has 1 atom stereocenters. The molecule has 2 aromatic rings. The Morgan fingerprint density at radius 1 is 0.923 bits per heavy atom. The SMILES string of the molecule is C[C@H](NC(=O)C(=O)Nc1ccccc1C(=O)NC1CC1)c1ccccc1. The van der Waals surface area contributed by atoms with Crippen molar-refractivity contribution < 1.29 is 14.4 Å².